The number of hydrogen-bond acceptors (Lipinski definition) is 8. The lowest BCUT2D eigenvalue weighted by atomic mass is 9.88. The van der Waals surface area contributed by atoms with E-state index in [2.05, 4.69) is 6.92 Å². The summed E-state index contributed by atoms with van der Waals surface area (Å²) in [6, 6.07) is 0. The van der Waals surface area contributed by atoms with Crippen LogP contribution in [0, 0.1) is 11.8 Å². The maximum atomic E-state index is 11.8. The largest absolute Gasteiger partial charge is 0.464 e. The summed E-state index contributed by atoms with van der Waals surface area (Å²) in [5.41, 5.74) is 3.41. The average Bonchev–Trinajstić information content (AvgIpc) is 3.05. The summed E-state index contributed by atoms with van der Waals surface area (Å²) >= 11 is 0. The van der Waals surface area contributed by atoms with E-state index in [9.17, 15) is 20.1 Å². The smallest absolute Gasteiger partial charge is 0.305 e. The first-order valence-corrected chi connectivity index (χ1v) is 12.2. The van der Waals surface area contributed by atoms with Gasteiger partial charge in [0.15, 0.2) is 0 Å². The average molecular weight is 472 g/mol. The van der Waals surface area contributed by atoms with E-state index in [1.54, 1.807) is 13.0 Å². The Bertz CT molecular complexity index is 616. The number of nitrogens with two attached hydrogens (primary N) is 1. The van der Waals surface area contributed by atoms with Gasteiger partial charge < -0.3 is 36.0 Å². The first-order chi connectivity index (χ1) is 15.6. The molecule has 0 spiro atoms. The second-order valence-corrected chi connectivity index (χ2v) is 9.72. The quantitative estimate of drug-likeness (QED) is 0.113. The Morgan fingerprint density at radius 2 is 1.82 bits per heavy atom. The van der Waals surface area contributed by atoms with Crippen LogP contribution in [0.5, 0.6) is 0 Å². The van der Waals surface area contributed by atoms with E-state index in [0.717, 1.165) is 19.3 Å². The minimum Gasteiger partial charge on any atom is -0.464 e. The number of carbonyl (C=O) groups is 1. The van der Waals surface area contributed by atoms with Crippen LogP contribution in [0.4, 0.5) is 0 Å². The van der Waals surface area contributed by atoms with Crippen LogP contribution in [0.15, 0.2) is 24.3 Å². The second kappa shape index (κ2) is 14.9. The van der Waals surface area contributed by atoms with E-state index in [1.807, 2.05) is 18.2 Å². The number of rotatable bonds is 16. The summed E-state index contributed by atoms with van der Waals surface area (Å²) in [5, 5.41) is 49.5. The lowest BCUT2D eigenvalue weighted by Crippen LogP contribution is -2.51. The molecule has 7 N–H and O–H groups in total. The molecule has 1 fully saturated rings. The van der Waals surface area contributed by atoms with Gasteiger partial charge in [-0.2, -0.15) is 0 Å². The zero-order valence-electron chi connectivity index (χ0n) is 20.2. The van der Waals surface area contributed by atoms with Crippen molar-refractivity contribution in [1.82, 2.24) is 0 Å². The molecule has 0 amide bonds. The molecule has 1 rings (SSSR count). The minimum atomic E-state index is -1.32. The Morgan fingerprint density at radius 3 is 2.45 bits per heavy atom. The van der Waals surface area contributed by atoms with E-state index in [1.165, 1.54) is 0 Å². The molecule has 0 saturated heterocycles. The Labute approximate surface area is 198 Å². The maximum absolute atomic E-state index is 11.8. The van der Waals surface area contributed by atoms with Gasteiger partial charge in [-0.1, -0.05) is 50.5 Å². The third kappa shape index (κ3) is 11.1. The van der Waals surface area contributed by atoms with Gasteiger partial charge in [0, 0.05) is 18.8 Å². The van der Waals surface area contributed by atoms with E-state index in [0.29, 0.717) is 32.1 Å². The van der Waals surface area contributed by atoms with Crippen molar-refractivity contribution in [3.05, 3.63) is 24.3 Å². The van der Waals surface area contributed by atoms with E-state index in [4.69, 9.17) is 20.7 Å². The molecule has 0 bridgehead atoms. The second-order valence-electron chi connectivity index (χ2n) is 9.72. The number of carbonyl (C=O) groups excluding carboxylic acids is 1. The predicted octanol–water partition coefficient (Wildman–Crippen LogP) is 1.57. The van der Waals surface area contributed by atoms with Crippen molar-refractivity contribution >= 4 is 5.97 Å². The van der Waals surface area contributed by atoms with Crippen molar-refractivity contribution in [2.24, 2.45) is 17.6 Å². The van der Waals surface area contributed by atoms with Crippen LogP contribution in [0.3, 0.4) is 0 Å². The van der Waals surface area contributed by atoms with Crippen molar-refractivity contribution < 1.29 is 35.1 Å². The summed E-state index contributed by atoms with van der Waals surface area (Å²) in [6.07, 6.45) is 12.4. The van der Waals surface area contributed by atoms with Crippen molar-refractivity contribution in [2.75, 3.05) is 19.8 Å². The molecule has 1 aliphatic rings. The third-order valence-corrected chi connectivity index (χ3v) is 6.36. The first-order valence-electron chi connectivity index (χ1n) is 12.2. The highest BCUT2D eigenvalue weighted by atomic mass is 16.5. The number of aliphatic hydroxyl groups is 5. The number of allylic oxidation sites excluding steroid dienone is 2. The summed E-state index contributed by atoms with van der Waals surface area (Å²) in [4.78, 5) is 11.8. The molecule has 0 aliphatic heterocycles. The van der Waals surface area contributed by atoms with Crippen LogP contribution in [0.2, 0.25) is 0 Å². The zero-order valence-corrected chi connectivity index (χ0v) is 20.2. The molecule has 0 aromatic rings. The Kier molecular flexibility index (Phi) is 13.4. The highest BCUT2D eigenvalue weighted by Crippen LogP contribution is 2.37. The fraction of sp³-hybridized carbons (Fsp3) is 0.800. The van der Waals surface area contributed by atoms with Crippen LogP contribution in [0.1, 0.15) is 71.6 Å². The van der Waals surface area contributed by atoms with Gasteiger partial charge in [0.05, 0.1) is 36.6 Å². The lowest BCUT2D eigenvalue weighted by Gasteiger charge is -2.23. The van der Waals surface area contributed by atoms with Gasteiger partial charge in [-0.05, 0) is 38.5 Å². The molecule has 8 nitrogen and oxygen atoms in total. The van der Waals surface area contributed by atoms with Crippen molar-refractivity contribution in [3.8, 4) is 0 Å². The normalized spacial score (nSPS) is 25.7. The monoisotopic (exact) mass is 471 g/mol. The van der Waals surface area contributed by atoms with Gasteiger partial charge in [-0.25, -0.2) is 0 Å². The number of esters is 1. The summed E-state index contributed by atoms with van der Waals surface area (Å²) < 4.78 is 5.00. The van der Waals surface area contributed by atoms with Crippen LogP contribution in [0.25, 0.3) is 0 Å². The summed E-state index contributed by atoms with van der Waals surface area (Å²) in [6.45, 7) is 2.70. The molecule has 1 aliphatic carbocycles. The molecule has 0 unspecified atom stereocenters. The predicted molar refractivity (Wildman–Crippen MR) is 127 cm³/mol. The molecular weight excluding hydrogens is 426 g/mol. The van der Waals surface area contributed by atoms with Crippen molar-refractivity contribution in [2.45, 2.75) is 95.0 Å². The van der Waals surface area contributed by atoms with Gasteiger partial charge in [-0.3, -0.25) is 4.79 Å². The minimum absolute atomic E-state index is 0.126. The molecule has 8 heteroatoms. The fourth-order valence-corrected chi connectivity index (χ4v) is 4.01. The number of aliphatic hydroxyl groups excluding tert-OH is 4. The van der Waals surface area contributed by atoms with E-state index in [-0.39, 0.29) is 24.9 Å². The van der Waals surface area contributed by atoms with Crippen LogP contribution in [-0.4, -0.2) is 74.7 Å². The molecule has 192 valence electrons. The Balaban J connectivity index is 2.44. The van der Waals surface area contributed by atoms with E-state index < -0.39 is 42.5 Å². The number of hydrogen-bond donors (Lipinski definition) is 6. The van der Waals surface area contributed by atoms with Crippen LogP contribution >= 0.6 is 0 Å². The fourth-order valence-electron chi connectivity index (χ4n) is 4.01. The molecule has 0 heterocycles. The van der Waals surface area contributed by atoms with Crippen molar-refractivity contribution in [1.29, 1.82) is 0 Å². The van der Waals surface area contributed by atoms with Crippen LogP contribution < -0.4 is 5.73 Å². The standard InChI is InChI=1S/C25H45NO7/c1-3-4-9-13-24(2,32)14-12-20-19(21(29)15-22(20)30)10-7-5-6-8-11-23(31)33-18-25(26,16-27)17-28/h5,7,12,14,19-22,27-30,32H,3-4,6,8-11,13,15-18,26H2,1-2H3/t19-,20-,21+,22-,24+/m1/s1. The maximum Gasteiger partial charge on any atom is 0.305 e. The summed E-state index contributed by atoms with van der Waals surface area (Å²) in [5.74, 6) is -0.781. The first kappa shape index (κ1) is 29.7. The van der Waals surface area contributed by atoms with Gasteiger partial charge >= 0.3 is 5.97 Å². The highest BCUT2D eigenvalue weighted by molar-refractivity contribution is 5.69. The van der Waals surface area contributed by atoms with Crippen molar-refractivity contribution in [3.63, 3.8) is 0 Å². The SMILES string of the molecule is CCCCC[C@](C)(O)C=C[C@@H]1[C@@H](CC=CCCCC(=O)OCC(N)(CO)CO)[C@@H](O)C[C@H]1O. The van der Waals surface area contributed by atoms with Gasteiger partial charge in [0.25, 0.3) is 0 Å². The lowest BCUT2D eigenvalue weighted by molar-refractivity contribution is -0.146. The van der Waals surface area contributed by atoms with Gasteiger partial charge in [0.1, 0.15) is 6.61 Å². The highest BCUT2D eigenvalue weighted by Gasteiger charge is 2.39. The third-order valence-electron chi connectivity index (χ3n) is 6.36. The number of unbranched alkanes of at least 4 members (excludes halogenated alkanes) is 3. The Morgan fingerprint density at radius 1 is 1.12 bits per heavy atom. The molecular formula is C25H45NO7. The molecule has 33 heavy (non-hydrogen) atoms. The molecule has 5 atom stereocenters. The van der Waals surface area contributed by atoms with Gasteiger partial charge in [-0.15, -0.1) is 0 Å². The Hall–Kier alpha value is -1.29. The van der Waals surface area contributed by atoms with Gasteiger partial charge in [0.2, 0.25) is 0 Å². The molecule has 0 radical (unpaired) electrons. The summed E-state index contributed by atoms with van der Waals surface area (Å²) in [7, 11) is 0. The van der Waals surface area contributed by atoms with E-state index >= 15 is 0 Å². The molecule has 0 aromatic carbocycles. The zero-order chi connectivity index (χ0) is 24.9. The van der Waals surface area contributed by atoms with Crippen LogP contribution in [-0.2, 0) is 9.53 Å². The molecule has 1 saturated carbocycles. The number of ether oxygens (including phenoxy) is 1. The topological polar surface area (TPSA) is 153 Å². The molecule has 0 aromatic heterocycles.